The molecule has 3 heterocycles. The Balaban J connectivity index is 1.72. The van der Waals surface area contributed by atoms with E-state index in [9.17, 15) is 9.59 Å². The van der Waals surface area contributed by atoms with Gasteiger partial charge in [-0.15, -0.1) is 10.2 Å². The number of nitrogens with one attached hydrogen (secondary N) is 1. The summed E-state index contributed by atoms with van der Waals surface area (Å²) >= 11 is 5.87. The van der Waals surface area contributed by atoms with Gasteiger partial charge in [-0.2, -0.15) is 4.98 Å². The molecule has 0 atom stereocenters. The van der Waals surface area contributed by atoms with E-state index in [0.29, 0.717) is 10.7 Å². The molecular weight excluding hydrogens is 336 g/mol. The fraction of sp³-hybridized carbons (Fsp3) is 0.231. The van der Waals surface area contributed by atoms with Crippen molar-refractivity contribution >= 4 is 35.0 Å². The van der Waals surface area contributed by atoms with Crippen LogP contribution in [0.5, 0.6) is 0 Å². The number of nitrogens with zero attached hydrogens (tertiary/aromatic N) is 7. The summed E-state index contributed by atoms with van der Waals surface area (Å²) in [6.07, 6.45) is 2.95. The number of amides is 2. The van der Waals surface area contributed by atoms with Gasteiger partial charge in [-0.1, -0.05) is 16.8 Å². The number of anilines is 1. The van der Waals surface area contributed by atoms with E-state index >= 15 is 0 Å². The number of hydrogen-bond donors (Lipinski definition) is 1. The van der Waals surface area contributed by atoms with Gasteiger partial charge in [0.15, 0.2) is 11.3 Å². The lowest BCUT2D eigenvalue weighted by Gasteiger charge is -2.08. The van der Waals surface area contributed by atoms with Crippen molar-refractivity contribution in [3.63, 3.8) is 0 Å². The van der Waals surface area contributed by atoms with Gasteiger partial charge < -0.3 is 4.90 Å². The van der Waals surface area contributed by atoms with Crippen LogP contribution in [0.1, 0.15) is 10.5 Å². The minimum absolute atomic E-state index is 0.00159. The van der Waals surface area contributed by atoms with Crippen LogP contribution in [0.25, 0.3) is 5.65 Å². The third-order valence-electron chi connectivity index (χ3n) is 3.09. The number of aromatic nitrogens is 6. The molecule has 24 heavy (non-hydrogen) atoms. The summed E-state index contributed by atoms with van der Waals surface area (Å²) in [5.74, 6) is -0.576. The van der Waals surface area contributed by atoms with Gasteiger partial charge in [-0.3, -0.25) is 14.9 Å². The van der Waals surface area contributed by atoms with Gasteiger partial charge >= 0.3 is 0 Å². The maximum absolute atomic E-state index is 12.2. The Hall–Kier alpha value is -3.01. The number of halogens is 1. The van der Waals surface area contributed by atoms with Crippen molar-refractivity contribution in [2.45, 2.75) is 6.54 Å². The summed E-state index contributed by atoms with van der Waals surface area (Å²) in [7, 11) is 3.27. The quantitative estimate of drug-likeness (QED) is 0.726. The van der Waals surface area contributed by atoms with Gasteiger partial charge in [-0.25, -0.2) is 9.20 Å². The fourth-order valence-corrected chi connectivity index (χ4v) is 1.99. The highest BCUT2D eigenvalue weighted by molar-refractivity contribution is 6.30. The van der Waals surface area contributed by atoms with E-state index in [-0.39, 0.29) is 24.1 Å². The number of fused-ring (bicyclic) bond motifs is 1. The molecule has 0 saturated carbocycles. The average Bonchev–Trinajstić information content (AvgIpc) is 3.13. The van der Waals surface area contributed by atoms with E-state index in [1.54, 1.807) is 32.4 Å². The molecule has 0 spiro atoms. The van der Waals surface area contributed by atoms with Gasteiger partial charge in [-0.05, 0) is 12.1 Å². The predicted octanol–water partition coefficient (Wildman–Crippen LogP) is 0.315. The molecule has 0 unspecified atom stereocenters. The lowest BCUT2D eigenvalue weighted by molar-refractivity contribution is -0.129. The summed E-state index contributed by atoms with van der Waals surface area (Å²) in [6.45, 7) is -0.00159. The number of carbonyl (C=O) groups excluding carboxylic acids is 2. The van der Waals surface area contributed by atoms with Crippen LogP contribution in [-0.4, -0.2) is 60.4 Å². The first-order valence-electron chi connectivity index (χ1n) is 6.86. The molecule has 3 aromatic heterocycles. The van der Waals surface area contributed by atoms with Crippen LogP contribution in [0.2, 0.25) is 5.02 Å². The summed E-state index contributed by atoms with van der Waals surface area (Å²) in [5, 5.41) is 14.6. The van der Waals surface area contributed by atoms with Gasteiger partial charge in [0.2, 0.25) is 11.9 Å². The lowest BCUT2D eigenvalue weighted by Crippen LogP contribution is -2.26. The largest absolute Gasteiger partial charge is 0.347 e. The van der Waals surface area contributed by atoms with Crippen molar-refractivity contribution in [1.29, 1.82) is 0 Å². The third-order valence-corrected chi connectivity index (χ3v) is 3.31. The Bertz CT molecular complexity index is 916. The molecule has 0 saturated heterocycles. The lowest BCUT2D eigenvalue weighted by atomic mass is 10.4. The summed E-state index contributed by atoms with van der Waals surface area (Å²) in [6, 6.07) is 3.35. The van der Waals surface area contributed by atoms with Crippen molar-refractivity contribution in [3.05, 3.63) is 35.2 Å². The van der Waals surface area contributed by atoms with Crippen LogP contribution < -0.4 is 5.32 Å². The van der Waals surface area contributed by atoms with Crippen LogP contribution in [-0.2, 0) is 11.3 Å². The maximum atomic E-state index is 12.2. The van der Waals surface area contributed by atoms with E-state index in [2.05, 4.69) is 25.7 Å². The summed E-state index contributed by atoms with van der Waals surface area (Å²) in [5.41, 5.74) is 0.591. The van der Waals surface area contributed by atoms with Crippen molar-refractivity contribution < 1.29 is 9.59 Å². The first-order chi connectivity index (χ1) is 11.4. The van der Waals surface area contributed by atoms with Crippen LogP contribution in [0.3, 0.4) is 0 Å². The minimum atomic E-state index is -0.527. The SMILES string of the molecule is CN(C)C(=O)Cn1cc(C(=O)Nc2nc3ccc(Cl)cn3n2)nn1. The van der Waals surface area contributed by atoms with Crippen LogP contribution in [0, 0.1) is 0 Å². The fourth-order valence-electron chi connectivity index (χ4n) is 1.84. The minimum Gasteiger partial charge on any atom is -0.347 e. The van der Waals surface area contributed by atoms with E-state index in [0.717, 1.165) is 0 Å². The first-order valence-corrected chi connectivity index (χ1v) is 7.24. The molecule has 10 nitrogen and oxygen atoms in total. The zero-order valence-corrected chi connectivity index (χ0v) is 13.6. The second-order valence-corrected chi connectivity index (χ2v) is 5.57. The van der Waals surface area contributed by atoms with Crippen molar-refractivity contribution in [2.75, 3.05) is 19.4 Å². The summed E-state index contributed by atoms with van der Waals surface area (Å²) in [4.78, 5) is 29.3. The number of carbonyl (C=O) groups is 2. The van der Waals surface area contributed by atoms with Crippen LogP contribution in [0.4, 0.5) is 5.95 Å². The molecular formula is C13H13ClN8O2. The van der Waals surface area contributed by atoms with Gasteiger partial charge in [0.05, 0.1) is 11.2 Å². The number of pyridine rings is 1. The zero-order chi connectivity index (χ0) is 17.3. The molecule has 0 radical (unpaired) electrons. The van der Waals surface area contributed by atoms with Crippen LogP contribution >= 0.6 is 11.6 Å². The molecule has 0 fully saturated rings. The second kappa shape index (κ2) is 6.24. The van der Waals surface area contributed by atoms with Gasteiger partial charge in [0, 0.05) is 20.3 Å². The highest BCUT2D eigenvalue weighted by atomic mass is 35.5. The Morgan fingerprint density at radius 2 is 2.08 bits per heavy atom. The molecule has 3 aromatic rings. The van der Waals surface area contributed by atoms with E-state index in [1.807, 2.05) is 0 Å². The monoisotopic (exact) mass is 348 g/mol. The first kappa shape index (κ1) is 15.9. The zero-order valence-electron chi connectivity index (χ0n) is 12.8. The average molecular weight is 349 g/mol. The Morgan fingerprint density at radius 3 is 2.83 bits per heavy atom. The number of likely N-dealkylation sites (N-methyl/N-ethyl adjacent to an activating group) is 1. The molecule has 0 aliphatic carbocycles. The molecule has 0 aliphatic rings. The highest BCUT2D eigenvalue weighted by Crippen LogP contribution is 2.11. The number of hydrogen-bond acceptors (Lipinski definition) is 6. The number of rotatable bonds is 4. The van der Waals surface area contributed by atoms with E-state index in [1.165, 1.54) is 20.3 Å². The molecule has 124 valence electrons. The van der Waals surface area contributed by atoms with Crippen molar-refractivity contribution in [2.24, 2.45) is 0 Å². The molecule has 0 aromatic carbocycles. The normalized spacial score (nSPS) is 10.8. The molecule has 11 heteroatoms. The van der Waals surface area contributed by atoms with Crippen molar-refractivity contribution in [3.8, 4) is 0 Å². The predicted molar refractivity (Wildman–Crippen MR) is 84.7 cm³/mol. The molecule has 0 aliphatic heterocycles. The summed E-state index contributed by atoms with van der Waals surface area (Å²) < 4.78 is 2.73. The van der Waals surface area contributed by atoms with E-state index in [4.69, 9.17) is 11.6 Å². The Labute approximate surface area is 141 Å². The third kappa shape index (κ3) is 3.33. The van der Waals surface area contributed by atoms with Gasteiger partial charge in [0.1, 0.15) is 6.54 Å². The molecule has 0 bridgehead atoms. The highest BCUT2D eigenvalue weighted by Gasteiger charge is 2.15. The van der Waals surface area contributed by atoms with Gasteiger partial charge in [0.25, 0.3) is 5.91 Å². The van der Waals surface area contributed by atoms with E-state index < -0.39 is 5.91 Å². The molecule has 3 rings (SSSR count). The Kier molecular flexibility index (Phi) is 4.13. The van der Waals surface area contributed by atoms with Crippen molar-refractivity contribution in [1.82, 2.24) is 34.5 Å². The topological polar surface area (TPSA) is 110 Å². The van der Waals surface area contributed by atoms with Crippen LogP contribution in [0.15, 0.2) is 24.5 Å². The second-order valence-electron chi connectivity index (χ2n) is 5.13. The Morgan fingerprint density at radius 1 is 1.29 bits per heavy atom. The smallest absolute Gasteiger partial charge is 0.280 e. The maximum Gasteiger partial charge on any atom is 0.280 e. The molecule has 1 N–H and O–H groups in total. The standard InChI is InChI=1S/C13H13ClN8O2/c1-20(2)11(23)7-21-6-9(17-19-21)12(24)16-13-15-10-4-3-8(14)5-22(10)18-13/h3-6H,7H2,1-2H3,(H,16,18,24). The molecule has 2 amide bonds.